The van der Waals surface area contributed by atoms with Gasteiger partial charge in [0.1, 0.15) is 11.4 Å². The van der Waals surface area contributed by atoms with Gasteiger partial charge >= 0.3 is 6.18 Å². The minimum absolute atomic E-state index is 0.146. The van der Waals surface area contributed by atoms with Crippen molar-refractivity contribution in [2.45, 2.75) is 17.9 Å². The lowest BCUT2D eigenvalue weighted by atomic mass is 9.77. The van der Waals surface area contributed by atoms with Crippen LogP contribution in [0.4, 0.5) is 18.9 Å². The summed E-state index contributed by atoms with van der Waals surface area (Å²) >= 11 is 11.9. The fourth-order valence-electron chi connectivity index (χ4n) is 4.81. The van der Waals surface area contributed by atoms with Crippen molar-refractivity contribution >= 4 is 46.6 Å². The van der Waals surface area contributed by atoms with E-state index < -0.39 is 53.0 Å². The molecule has 0 unspecified atom stereocenters. The number of nitrogens with zero attached hydrogens (tertiary/aromatic N) is 1. The molecule has 2 aromatic rings. The Bertz CT molecular complexity index is 1300. The molecule has 3 heterocycles. The highest BCUT2D eigenvalue weighted by atomic mass is 35.5. The van der Waals surface area contributed by atoms with Crippen molar-refractivity contribution in [2.24, 2.45) is 11.8 Å². The molecule has 188 valence electrons. The molecule has 0 aliphatic carbocycles. The molecule has 36 heavy (non-hydrogen) atoms. The van der Waals surface area contributed by atoms with Crippen LogP contribution in [0.15, 0.2) is 54.6 Å². The number of hydrogen-bond donors (Lipinski definition) is 1. The predicted molar refractivity (Wildman–Crippen MR) is 123 cm³/mol. The second-order valence-corrected chi connectivity index (χ2v) is 9.44. The van der Waals surface area contributed by atoms with Gasteiger partial charge in [-0.2, -0.15) is 13.2 Å². The van der Waals surface area contributed by atoms with E-state index >= 15 is 0 Å². The lowest BCUT2D eigenvalue weighted by Crippen LogP contribution is -2.49. The smallest absolute Gasteiger partial charge is 0.416 e. The summed E-state index contributed by atoms with van der Waals surface area (Å²) in [5, 5.41) is 3.26. The summed E-state index contributed by atoms with van der Waals surface area (Å²) in [6.45, 7) is -0.533. The Morgan fingerprint density at radius 1 is 1.14 bits per heavy atom. The number of anilines is 1. The number of ether oxygens (including phenoxy) is 2. The minimum atomic E-state index is -4.63. The van der Waals surface area contributed by atoms with E-state index in [1.54, 1.807) is 18.2 Å². The number of rotatable bonds is 6. The van der Waals surface area contributed by atoms with Gasteiger partial charge in [0, 0.05) is 5.02 Å². The van der Waals surface area contributed by atoms with Crippen LogP contribution in [0.3, 0.4) is 0 Å². The molecule has 4 atom stereocenters. The Balaban J connectivity index is 1.30. The molecule has 0 aromatic heterocycles. The van der Waals surface area contributed by atoms with Crippen LogP contribution in [0.25, 0.3) is 0 Å². The second kappa shape index (κ2) is 8.79. The van der Waals surface area contributed by atoms with Crippen molar-refractivity contribution in [2.75, 3.05) is 18.1 Å². The molecule has 0 spiro atoms. The first-order valence-corrected chi connectivity index (χ1v) is 11.5. The number of carbonyl (C=O) groups is 3. The van der Waals surface area contributed by atoms with E-state index in [0.717, 1.165) is 23.1 Å². The molecular weight excluding hydrogens is 524 g/mol. The first kappa shape index (κ1) is 24.6. The van der Waals surface area contributed by atoms with Crippen molar-refractivity contribution in [3.8, 4) is 5.75 Å². The molecule has 5 rings (SSSR count). The number of carbonyl (C=O) groups excluding carboxylic acids is 3. The second-order valence-electron chi connectivity index (χ2n) is 8.60. The summed E-state index contributed by atoms with van der Waals surface area (Å²) in [7, 11) is 0. The average molecular weight is 541 g/mol. The first-order chi connectivity index (χ1) is 17.0. The standard InChI is InChI=1S/C24H17Cl2F3N2O5/c25-13-4-5-16(15(26)9-13)35-10-18(32)30-11-23-7-6-17(36-23)19-20(23)22(34)31(21(19)33)14-3-1-2-12(8-14)24(27,28)29/h1-9,17,19-20H,10-11H2,(H,30,32)/t17-,19-,20-,23+/m0/s1. The van der Waals surface area contributed by atoms with Crippen LogP contribution >= 0.6 is 23.2 Å². The van der Waals surface area contributed by atoms with Crippen molar-refractivity contribution in [1.29, 1.82) is 0 Å². The lowest BCUT2D eigenvalue weighted by Gasteiger charge is -2.29. The minimum Gasteiger partial charge on any atom is -0.482 e. The first-order valence-electron chi connectivity index (χ1n) is 10.8. The molecule has 3 aliphatic rings. The van der Waals surface area contributed by atoms with Crippen LogP contribution in [-0.4, -0.2) is 42.6 Å². The van der Waals surface area contributed by atoms with Crippen LogP contribution in [0.2, 0.25) is 10.0 Å². The van der Waals surface area contributed by atoms with E-state index in [1.165, 1.54) is 18.2 Å². The summed E-state index contributed by atoms with van der Waals surface area (Å²) in [6.07, 6.45) is -2.14. The summed E-state index contributed by atoms with van der Waals surface area (Å²) in [5.41, 5.74) is -2.45. The topological polar surface area (TPSA) is 84.9 Å². The molecule has 2 aromatic carbocycles. The van der Waals surface area contributed by atoms with Gasteiger partial charge in [-0.05, 0) is 36.4 Å². The number of fused-ring (bicyclic) bond motifs is 5. The maximum Gasteiger partial charge on any atom is 0.416 e. The lowest BCUT2D eigenvalue weighted by molar-refractivity contribution is -0.137. The number of halogens is 5. The van der Waals surface area contributed by atoms with Gasteiger partial charge in [0.2, 0.25) is 11.8 Å². The molecule has 2 bridgehead atoms. The number of nitrogens with one attached hydrogen (secondary N) is 1. The molecule has 1 N–H and O–H groups in total. The van der Waals surface area contributed by atoms with Crippen LogP contribution in [0, 0.1) is 11.8 Å². The molecule has 0 saturated carbocycles. The van der Waals surface area contributed by atoms with Crippen molar-refractivity contribution in [3.05, 3.63) is 70.2 Å². The van der Waals surface area contributed by atoms with Crippen molar-refractivity contribution in [1.82, 2.24) is 5.32 Å². The highest BCUT2D eigenvalue weighted by molar-refractivity contribution is 6.35. The van der Waals surface area contributed by atoms with E-state index in [-0.39, 0.29) is 29.6 Å². The maximum atomic E-state index is 13.3. The number of imide groups is 1. The Labute approximate surface area is 212 Å². The highest BCUT2D eigenvalue weighted by Crippen LogP contribution is 2.52. The summed E-state index contributed by atoms with van der Waals surface area (Å²) in [6, 6.07) is 8.56. The molecule has 12 heteroatoms. The van der Waals surface area contributed by atoms with Crippen molar-refractivity contribution in [3.63, 3.8) is 0 Å². The van der Waals surface area contributed by atoms with E-state index in [2.05, 4.69) is 5.32 Å². The Kier molecular flexibility index (Phi) is 6.01. The maximum absolute atomic E-state index is 13.3. The normalized spacial score (nSPS) is 26.5. The number of benzene rings is 2. The molecule has 2 fully saturated rings. The molecule has 3 aliphatic heterocycles. The Hall–Kier alpha value is -3.08. The summed E-state index contributed by atoms with van der Waals surface area (Å²) < 4.78 is 50.9. The SMILES string of the molecule is O=C(COc1ccc(Cl)cc1Cl)NC[C@@]12C=C[C@H](O1)[C@@H]1C(=O)N(c3cccc(C(F)(F)F)c3)C(=O)[C@H]12. The summed E-state index contributed by atoms with van der Waals surface area (Å²) in [4.78, 5) is 39.6. The monoisotopic (exact) mass is 540 g/mol. The van der Waals surface area contributed by atoms with E-state index in [1.807, 2.05) is 0 Å². The van der Waals surface area contributed by atoms with Gasteiger partial charge in [0.15, 0.2) is 6.61 Å². The van der Waals surface area contributed by atoms with E-state index in [0.29, 0.717) is 5.02 Å². The van der Waals surface area contributed by atoms with Gasteiger partial charge in [-0.1, -0.05) is 41.4 Å². The Morgan fingerprint density at radius 3 is 2.64 bits per heavy atom. The number of hydrogen-bond acceptors (Lipinski definition) is 5. The van der Waals surface area contributed by atoms with Crippen LogP contribution in [0.5, 0.6) is 5.75 Å². The molecule has 2 saturated heterocycles. The zero-order valence-electron chi connectivity index (χ0n) is 18.2. The fraction of sp³-hybridized carbons (Fsp3) is 0.292. The number of alkyl halides is 3. The van der Waals surface area contributed by atoms with Gasteiger partial charge in [-0.15, -0.1) is 0 Å². The molecule has 0 radical (unpaired) electrons. The zero-order chi connectivity index (χ0) is 25.8. The average Bonchev–Trinajstić information content (AvgIpc) is 3.47. The molecular formula is C24H17Cl2F3N2O5. The Morgan fingerprint density at radius 2 is 1.92 bits per heavy atom. The van der Waals surface area contributed by atoms with Gasteiger partial charge in [-0.25, -0.2) is 4.90 Å². The number of amides is 3. The summed E-state index contributed by atoms with van der Waals surface area (Å²) in [5.74, 6) is -3.52. The quantitative estimate of drug-likeness (QED) is 0.442. The van der Waals surface area contributed by atoms with Crippen LogP contribution in [0.1, 0.15) is 5.56 Å². The molecule has 7 nitrogen and oxygen atoms in total. The van der Waals surface area contributed by atoms with Crippen molar-refractivity contribution < 1.29 is 37.0 Å². The third-order valence-electron chi connectivity index (χ3n) is 6.40. The van der Waals surface area contributed by atoms with Gasteiger partial charge in [-0.3, -0.25) is 14.4 Å². The van der Waals surface area contributed by atoms with Gasteiger partial charge < -0.3 is 14.8 Å². The van der Waals surface area contributed by atoms with E-state index in [4.69, 9.17) is 32.7 Å². The van der Waals surface area contributed by atoms with Crippen LogP contribution < -0.4 is 15.0 Å². The zero-order valence-corrected chi connectivity index (χ0v) is 19.7. The fourth-order valence-corrected chi connectivity index (χ4v) is 5.27. The molecule has 3 amide bonds. The van der Waals surface area contributed by atoms with E-state index in [9.17, 15) is 27.6 Å². The predicted octanol–water partition coefficient (Wildman–Crippen LogP) is 4.02. The third kappa shape index (κ3) is 4.12. The third-order valence-corrected chi connectivity index (χ3v) is 6.93. The largest absolute Gasteiger partial charge is 0.482 e. The highest BCUT2D eigenvalue weighted by Gasteiger charge is 2.67. The van der Waals surface area contributed by atoms with Crippen LogP contribution in [-0.2, 0) is 25.3 Å². The van der Waals surface area contributed by atoms with Gasteiger partial charge in [0.05, 0.1) is 40.8 Å². The van der Waals surface area contributed by atoms with Gasteiger partial charge in [0.25, 0.3) is 5.91 Å².